The second kappa shape index (κ2) is 11.2. The number of hydrogen-bond acceptors (Lipinski definition) is 4. The number of amides is 1. The fraction of sp³-hybridized carbons (Fsp3) is 0.231. The standard InChI is InChI=1S/C26H26Cl2N4OS/c1-18-6-7-19(16-24(18)28)25(33)30-26(34)29-21-8-10-22(11-9-21)32-14-12-31(13-15-32)17-20-4-2-3-5-23(20)27/h2-11,16H,12-15,17H2,1H3,(H2,29,30,33,34). The molecule has 176 valence electrons. The van der Waals surface area contributed by atoms with Gasteiger partial charge in [-0.25, -0.2) is 0 Å². The van der Waals surface area contributed by atoms with E-state index in [0.29, 0.717) is 10.6 Å². The van der Waals surface area contributed by atoms with Crippen molar-refractivity contribution in [1.29, 1.82) is 0 Å². The van der Waals surface area contributed by atoms with E-state index in [1.54, 1.807) is 12.1 Å². The van der Waals surface area contributed by atoms with Crippen LogP contribution in [-0.4, -0.2) is 42.1 Å². The smallest absolute Gasteiger partial charge is 0.257 e. The van der Waals surface area contributed by atoms with Crippen LogP contribution in [0.2, 0.25) is 10.0 Å². The van der Waals surface area contributed by atoms with Crippen molar-refractivity contribution in [3.8, 4) is 0 Å². The van der Waals surface area contributed by atoms with Crippen molar-refractivity contribution in [1.82, 2.24) is 10.2 Å². The van der Waals surface area contributed by atoms with Gasteiger partial charge in [0.1, 0.15) is 0 Å². The molecular weight excluding hydrogens is 487 g/mol. The number of piperazine rings is 1. The minimum Gasteiger partial charge on any atom is -0.369 e. The minimum absolute atomic E-state index is 0.239. The second-order valence-electron chi connectivity index (χ2n) is 8.27. The number of thiocarbonyl (C=S) groups is 1. The number of benzene rings is 3. The number of anilines is 2. The zero-order valence-electron chi connectivity index (χ0n) is 18.9. The van der Waals surface area contributed by atoms with Crippen LogP contribution < -0.4 is 15.5 Å². The number of halogens is 2. The Bertz CT molecular complexity index is 1180. The number of carbonyl (C=O) groups excluding carboxylic acids is 1. The summed E-state index contributed by atoms with van der Waals surface area (Å²) >= 11 is 17.7. The molecule has 0 unspecified atom stereocenters. The summed E-state index contributed by atoms with van der Waals surface area (Å²) in [5.74, 6) is -0.300. The van der Waals surface area contributed by atoms with Gasteiger partial charge in [0.05, 0.1) is 0 Å². The Morgan fingerprint density at radius 2 is 1.65 bits per heavy atom. The molecule has 5 nitrogen and oxygen atoms in total. The SMILES string of the molecule is Cc1ccc(C(=O)NC(=S)Nc2ccc(N3CCN(Cc4ccccc4Cl)CC3)cc2)cc1Cl. The van der Waals surface area contributed by atoms with Gasteiger partial charge >= 0.3 is 0 Å². The summed E-state index contributed by atoms with van der Waals surface area (Å²) in [4.78, 5) is 17.2. The Kier molecular flexibility index (Phi) is 8.06. The maximum Gasteiger partial charge on any atom is 0.257 e. The molecule has 0 aromatic heterocycles. The lowest BCUT2D eigenvalue weighted by atomic mass is 10.1. The maximum atomic E-state index is 12.4. The highest BCUT2D eigenvalue weighted by atomic mass is 35.5. The molecule has 8 heteroatoms. The Hall–Kier alpha value is -2.64. The van der Waals surface area contributed by atoms with Gasteiger partial charge in [-0.15, -0.1) is 0 Å². The summed E-state index contributed by atoms with van der Waals surface area (Å²) in [5, 5.41) is 7.37. The zero-order chi connectivity index (χ0) is 24.1. The van der Waals surface area contributed by atoms with Gasteiger partial charge in [-0.05, 0) is 72.7 Å². The minimum atomic E-state index is -0.300. The Balaban J connectivity index is 1.27. The lowest BCUT2D eigenvalue weighted by molar-refractivity contribution is 0.0977. The second-order valence-corrected chi connectivity index (χ2v) is 9.50. The first-order valence-electron chi connectivity index (χ1n) is 11.1. The molecule has 34 heavy (non-hydrogen) atoms. The highest BCUT2D eigenvalue weighted by Gasteiger charge is 2.18. The fourth-order valence-electron chi connectivity index (χ4n) is 3.86. The van der Waals surface area contributed by atoms with Crippen LogP contribution in [0.1, 0.15) is 21.5 Å². The highest BCUT2D eigenvalue weighted by molar-refractivity contribution is 7.80. The molecule has 0 radical (unpaired) electrons. The van der Waals surface area contributed by atoms with Gasteiger partial charge < -0.3 is 10.2 Å². The number of rotatable bonds is 5. The first-order chi connectivity index (χ1) is 16.4. The molecule has 4 rings (SSSR count). The summed E-state index contributed by atoms with van der Waals surface area (Å²) in [6.45, 7) is 6.61. The van der Waals surface area contributed by atoms with Crippen molar-refractivity contribution in [3.63, 3.8) is 0 Å². The molecule has 1 fully saturated rings. The third kappa shape index (κ3) is 6.27. The predicted octanol–water partition coefficient (Wildman–Crippen LogP) is 5.75. The molecule has 1 heterocycles. The number of carbonyl (C=O) groups is 1. The van der Waals surface area contributed by atoms with E-state index in [1.165, 1.54) is 5.56 Å². The van der Waals surface area contributed by atoms with Gasteiger partial charge in [-0.1, -0.05) is 47.5 Å². The molecule has 1 aliphatic rings. The molecule has 3 aromatic carbocycles. The molecule has 0 bridgehead atoms. The topological polar surface area (TPSA) is 47.6 Å². The summed E-state index contributed by atoms with van der Waals surface area (Å²) in [5.41, 5.74) is 4.52. The van der Waals surface area contributed by atoms with Crippen molar-refractivity contribution in [3.05, 3.63) is 93.5 Å². The average Bonchev–Trinajstić information content (AvgIpc) is 2.83. The van der Waals surface area contributed by atoms with Crippen LogP contribution in [0.5, 0.6) is 0 Å². The van der Waals surface area contributed by atoms with Crippen LogP contribution in [-0.2, 0) is 6.54 Å². The van der Waals surface area contributed by atoms with Crippen LogP contribution in [0.4, 0.5) is 11.4 Å². The number of hydrogen-bond donors (Lipinski definition) is 2. The summed E-state index contributed by atoms with van der Waals surface area (Å²) in [6, 6.07) is 21.3. The first kappa shape index (κ1) is 24.5. The van der Waals surface area contributed by atoms with Crippen molar-refractivity contribution in [2.45, 2.75) is 13.5 Å². The first-order valence-corrected chi connectivity index (χ1v) is 12.2. The van der Waals surface area contributed by atoms with Crippen LogP contribution >= 0.6 is 35.4 Å². The van der Waals surface area contributed by atoms with E-state index in [1.807, 2.05) is 43.3 Å². The van der Waals surface area contributed by atoms with Gasteiger partial charge in [-0.3, -0.25) is 15.0 Å². The van der Waals surface area contributed by atoms with Crippen molar-refractivity contribution in [2.24, 2.45) is 0 Å². The molecule has 1 aliphatic heterocycles. The molecular formula is C26H26Cl2N4OS. The average molecular weight is 513 g/mol. The van der Waals surface area contributed by atoms with Gasteiger partial charge in [0, 0.05) is 59.7 Å². The number of nitrogens with zero attached hydrogens (tertiary/aromatic N) is 2. The number of nitrogens with one attached hydrogen (secondary N) is 2. The third-order valence-electron chi connectivity index (χ3n) is 5.88. The summed E-state index contributed by atoms with van der Waals surface area (Å²) in [6.07, 6.45) is 0. The zero-order valence-corrected chi connectivity index (χ0v) is 21.2. The third-order valence-corrected chi connectivity index (χ3v) is 6.86. The van der Waals surface area contributed by atoms with Crippen molar-refractivity contribution >= 4 is 57.8 Å². The van der Waals surface area contributed by atoms with Crippen LogP contribution in [0.3, 0.4) is 0 Å². The molecule has 1 amide bonds. The van der Waals surface area contributed by atoms with Crippen molar-refractivity contribution < 1.29 is 4.79 Å². The highest BCUT2D eigenvalue weighted by Crippen LogP contribution is 2.22. The number of aryl methyl sites for hydroxylation is 1. The largest absolute Gasteiger partial charge is 0.369 e. The van der Waals surface area contributed by atoms with Crippen LogP contribution in [0, 0.1) is 6.92 Å². The van der Waals surface area contributed by atoms with Gasteiger partial charge in [0.2, 0.25) is 0 Å². The van der Waals surface area contributed by atoms with Crippen LogP contribution in [0.15, 0.2) is 66.7 Å². The normalized spacial score (nSPS) is 14.0. The van der Waals surface area contributed by atoms with E-state index in [4.69, 9.17) is 35.4 Å². The van der Waals surface area contributed by atoms with Gasteiger partial charge in [0.15, 0.2) is 5.11 Å². The lowest BCUT2D eigenvalue weighted by Crippen LogP contribution is -2.46. The molecule has 0 aliphatic carbocycles. The van der Waals surface area contributed by atoms with Crippen LogP contribution in [0.25, 0.3) is 0 Å². The summed E-state index contributed by atoms with van der Waals surface area (Å²) < 4.78 is 0. The van der Waals surface area contributed by atoms with Gasteiger partial charge in [-0.2, -0.15) is 0 Å². The monoisotopic (exact) mass is 512 g/mol. The van der Waals surface area contributed by atoms with E-state index in [-0.39, 0.29) is 11.0 Å². The Morgan fingerprint density at radius 3 is 2.32 bits per heavy atom. The molecule has 0 spiro atoms. The Labute approximate surface area is 215 Å². The van der Waals surface area contributed by atoms with Gasteiger partial charge in [0.25, 0.3) is 5.91 Å². The molecule has 1 saturated heterocycles. The Morgan fingerprint density at radius 1 is 0.941 bits per heavy atom. The molecule has 0 atom stereocenters. The molecule has 0 saturated carbocycles. The fourth-order valence-corrected chi connectivity index (χ4v) is 4.45. The van der Waals surface area contributed by atoms with E-state index in [9.17, 15) is 4.79 Å². The van der Waals surface area contributed by atoms with E-state index in [2.05, 4.69) is 38.6 Å². The van der Waals surface area contributed by atoms with E-state index in [0.717, 1.165) is 54.7 Å². The van der Waals surface area contributed by atoms with Crippen molar-refractivity contribution in [2.75, 3.05) is 36.4 Å². The summed E-state index contributed by atoms with van der Waals surface area (Å²) in [7, 11) is 0. The quantitative estimate of drug-likeness (QED) is 0.426. The predicted molar refractivity (Wildman–Crippen MR) is 145 cm³/mol. The lowest BCUT2D eigenvalue weighted by Gasteiger charge is -2.36. The van der Waals surface area contributed by atoms with E-state index < -0.39 is 0 Å². The van der Waals surface area contributed by atoms with E-state index >= 15 is 0 Å². The maximum absolute atomic E-state index is 12.4. The molecule has 3 aromatic rings. The molecule has 2 N–H and O–H groups in total.